The van der Waals surface area contributed by atoms with Crippen LogP contribution in [-0.2, 0) is 12.8 Å². The molecule has 1 heteroatoms. The number of hydrogen-bond acceptors (Lipinski definition) is 1. The molecule has 1 atom stereocenters. The Morgan fingerprint density at radius 2 is 1.57 bits per heavy atom. The molecule has 0 radical (unpaired) electrons. The van der Waals surface area contributed by atoms with Gasteiger partial charge in [-0.3, -0.25) is 0 Å². The van der Waals surface area contributed by atoms with E-state index in [0.717, 1.165) is 6.42 Å². The van der Waals surface area contributed by atoms with Gasteiger partial charge in [0.2, 0.25) is 0 Å². The first-order valence-electron chi connectivity index (χ1n) is 7.78. The molecule has 0 bridgehead atoms. The Balaban J connectivity index is 2.01. The van der Waals surface area contributed by atoms with Crippen LogP contribution < -0.4 is 0 Å². The van der Waals surface area contributed by atoms with Gasteiger partial charge >= 0.3 is 0 Å². The summed E-state index contributed by atoms with van der Waals surface area (Å²) >= 11 is 0. The third-order valence-electron chi connectivity index (χ3n) is 4.08. The molecule has 2 aromatic carbocycles. The summed E-state index contributed by atoms with van der Waals surface area (Å²) in [6.07, 6.45) is 1.11. The molecule has 1 unspecified atom stereocenters. The summed E-state index contributed by atoms with van der Waals surface area (Å²) in [7, 11) is 0. The first kappa shape index (κ1) is 15.8. The van der Waals surface area contributed by atoms with Crippen LogP contribution in [0.3, 0.4) is 0 Å². The molecule has 0 saturated heterocycles. The zero-order valence-corrected chi connectivity index (χ0v) is 13.6. The average Bonchev–Trinajstić information content (AvgIpc) is 2.43. The zero-order chi connectivity index (χ0) is 15.4. The molecule has 0 aliphatic rings. The minimum absolute atomic E-state index is 0.324. The third-order valence-corrected chi connectivity index (χ3v) is 4.08. The van der Waals surface area contributed by atoms with E-state index in [2.05, 4.69) is 70.2 Å². The van der Waals surface area contributed by atoms with Gasteiger partial charge in [-0.25, -0.2) is 0 Å². The zero-order valence-electron chi connectivity index (χ0n) is 13.6. The lowest BCUT2D eigenvalue weighted by Gasteiger charge is -2.14. The minimum atomic E-state index is -0.324. The Bertz CT molecular complexity index is 581. The van der Waals surface area contributed by atoms with Crippen LogP contribution in [0.1, 0.15) is 47.6 Å². The summed E-state index contributed by atoms with van der Waals surface area (Å²) < 4.78 is 0. The normalized spacial score (nSPS) is 12.7. The molecular formula is C20H26O. The van der Waals surface area contributed by atoms with Crippen molar-refractivity contribution >= 4 is 0 Å². The van der Waals surface area contributed by atoms with Crippen molar-refractivity contribution in [3.8, 4) is 0 Å². The Morgan fingerprint density at radius 1 is 0.905 bits per heavy atom. The highest BCUT2D eigenvalue weighted by atomic mass is 16.3. The van der Waals surface area contributed by atoms with Crippen LogP contribution in [0.5, 0.6) is 0 Å². The second kappa shape index (κ2) is 6.91. The van der Waals surface area contributed by atoms with E-state index in [4.69, 9.17) is 0 Å². The average molecular weight is 282 g/mol. The van der Waals surface area contributed by atoms with Gasteiger partial charge in [0.05, 0.1) is 6.10 Å². The van der Waals surface area contributed by atoms with Crippen LogP contribution in [0.4, 0.5) is 0 Å². The Labute approximate surface area is 128 Å². The molecule has 21 heavy (non-hydrogen) atoms. The summed E-state index contributed by atoms with van der Waals surface area (Å²) in [6, 6.07) is 15.1. The molecule has 0 saturated carbocycles. The van der Waals surface area contributed by atoms with Crippen LogP contribution in [-0.4, -0.2) is 11.2 Å². The lowest BCUT2D eigenvalue weighted by Crippen LogP contribution is -2.14. The second-order valence-electron chi connectivity index (χ2n) is 6.39. The highest BCUT2D eigenvalue weighted by Crippen LogP contribution is 2.18. The van der Waals surface area contributed by atoms with Crippen molar-refractivity contribution in [2.75, 3.05) is 0 Å². The van der Waals surface area contributed by atoms with Crippen LogP contribution in [0, 0.1) is 13.8 Å². The Kier molecular flexibility index (Phi) is 5.19. The first-order valence-corrected chi connectivity index (χ1v) is 7.78. The maximum atomic E-state index is 10.3. The van der Waals surface area contributed by atoms with E-state index in [0.29, 0.717) is 12.3 Å². The van der Waals surface area contributed by atoms with Crippen molar-refractivity contribution in [2.24, 2.45) is 0 Å². The molecule has 2 aromatic rings. The molecule has 1 nitrogen and oxygen atoms in total. The maximum absolute atomic E-state index is 10.3. The number of aryl methyl sites for hydroxylation is 2. The van der Waals surface area contributed by atoms with Crippen LogP contribution in [0.15, 0.2) is 42.5 Å². The molecule has 0 heterocycles. The molecule has 0 aromatic heterocycles. The maximum Gasteiger partial charge on any atom is 0.0620 e. The molecule has 0 amide bonds. The number of aliphatic hydroxyl groups is 1. The topological polar surface area (TPSA) is 20.2 Å². The standard InChI is InChI=1S/C20H26O/c1-14(2)18-9-7-17(8-10-18)12-20(21)13-19-11-15(3)5-6-16(19)4/h5-11,14,20-21H,12-13H2,1-4H3. The Morgan fingerprint density at radius 3 is 2.19 bits per heavy atom. The molecule has 0 spiro atoms. The van der Waals surface area contributed by atoms with Gasteiger partial charge in [-0.05, 0) is 54.9 Å². The van der Waals surface area contributed by atoms with Gasteiger partial charge in [0.15, 0.2) is 0 Å². The van der Waals surface area contributed by atoms with Gasteiger partial charge in [0, 0.05) is 0 Å². The lowest BCUT2D eigenvalue weighted by atomic mass is 9.95. The van der Waals surface area contributed by atoms with Crippen molar-refractivity contribution in [1.82, 2.24) is 0 Å². The summed E-state index contributed by atoms with van der Waals surface area (Å²) in [5.74, 6) is 0.555. The van der Waals surface area contributed by atoms with Gasteiger partial charge in [-0.1, -0.05) is 61.9 Å². The van der Waals surface area contributed by atoms with Crippen molar-refractivity contribution in [2.45, 2.75) is 52.6 Å². The number of benzene rings is 2. The highest BCUT2D eigenvalue weighted by molar-refractivity contribution is 5.31. The van der Waals surface area contributed by atoms with Gasteiger partial charge < -0.3 is 5.11 Å². The molecule has 0 aliphatic carbocycles. The van der Waals surface area contributed by atoms with E-state index in [9.17, 15) is 5.11 Å². The van der Waals surface area contributed by atoms with E-state index < -0.39 is 0 Å². The van der Waals surface area contributed by atoms with E-state index >= 15 is 0 Å². The van der Waals surface area contributed by atoms with E-state index in [1.165, 1.54) is 27.8 Å². The predicted octanol–water partition coefficient (Wildman–Crippen LogP) is 4.57. The highest BCUT2D eigenvalue weighted by Gasteiger charge is 2.09. The van der Waals surface area contributed by atoms with E-state index in [1.54, 1.807) is 0 Å². The number of rotatable bonds is 5. The monoisotopic (exact) mass is 282 g/mol. The quantitative estimate of drug-likeness (QED) is 0.851. The fourth-order valence-corrected chi connectivity index (χ4v) is 2.66. The van der Waals surface area contributed by atoms with Crippen LogP contribution in [0.25, 0.3) is 0 Å². The fraction of sp³-hybridized carbons (Fsp3) is 0.400. The summed E-state index contributed by atoms with van der Waals surface area (Å²) in [5, 5.41) is 10.3. The fourth-order valence-electron chi connectivity index (χ4n) is 2.66. The van der Waals surface area contributed by atoms with E-state index in [1.807, 2.05) is 0 Å². The lowest BCUT2D eigenvalue weighted by molar-refractivity contribution is 0.175. The first-order chi connectivity index (χ1) is 9.95. The van der Waals surface area contributed by atoms with Crippen molar-refractivity contribution < 1.29 is 5.11 Å². The van der Waals surface area contributed by atoms with Crippen molar-refractivity contribution in [1.29, 1.82) is 0 Å². The van der Waals surface area contributed by atoms with Crippen LogP contribution >= 0.6 is 0 Å². The molecular weight excluding hydrogens is 256 g/mol. The van der Waals surface area contributed by atoms with Gasteiger partial charge in [0.1, 0.15) is 0 Å². The minimum Gasteiger partial charge on any atom is -0.392 e. The van der Waals surface area contributed by atoms with Gasteiger partial charge in [-0.2, -0.15) is 0 Å². The third kappa shape index (κ3) is 4.44. The molecule has 112 valence electrons. The summed E-state index contributed by atoms with van der Waals surface area (Å²) in [6.45, 7) is 8.60. The molecule has 2 rings (SSSR count). The smallest absolute Gasteiger partial charge is 0.0620 e. The SMILES string of the molecule is Cc1ccc(C)c(CC(O)Cc2ccc(C(C)C)cc2)c1. The van der Waals surface area contributed by atoms with E-state index in [-0.39, 0.29) is 6.10 Å². The predicted molar refractivity (Wildman–Crippen MR) is 89.9 cm³/mol. The van der Waals surface area contributed by atoms with Gasteiger partial charge in [-0.15, -0.1) is 0 Å². The second-order valence-corrected chi connectivity index (χ2v) is 6.39. The molecule has 0 fully saturated rings. The van der Waals surface area contributed by atoms with Crippen LogP contribution in [0.2, 0.25) is 0 Å². The van der Waals surface area contributed by atoms with Gasteiger partial charge in [0.25, 0.3) is 0 Å². The van der Waals surface area contributed by atoms with Crippen molar-refractivity contribution in [3.05, 3.63) is 70.3 Å². The number of hydrogen-bond donors (Lipinski definition) is 1. The molecule has 0 aliphatic heterocycles. The summed E-state index contributed by atoms with van der Waals surface area (Å²) in [5.41, 5.74) is 6.32. The largest absolute Gasteiger partial charge is 0.392 e. The summed E-state index contributed by atoms with van der Waals surface area (Å²) in [4.78, 5) is 0. The number of aliphatic hydroxyl groups excluding tert-OH is 1. The Hall–Kier alpha value is -1.60. The molecule has 1 N–H and O–H groups in total. The van der Waals surface area contributed by atoms with Crippen molar-refractivity contribution in [3.63, 3.8) is 0 Å².